The molecule has 0 bridgehead atoms. The topological polar surface area (TPSA) is 107 Å². The Hall–Kier alpha value is -3.36. The third kappa shape index (κ3) is 3.87. The van der Waals surface area contributed by atoms with Gasteiger partial charge in [-0.3, -0.25) is 9.78 Å². The zero-order valence-electron chi connectivity index (χ0n) is 17.8. The first kappa shape index (κ1) is 19.6. The van der Waals surface area contributed by atoms with Gasteiger partial charge in [0, 0.05) is 24.6 Å². The van der Waals surface area contributed by atoms with E-state index in [1.165, 1.54) is 0 Å². The predicted molar refractivity (Wildman–Crippen MR) is 110 cm³/mol. The summed E-state index contributed by atoms with van der Waals surface area (Å²) in [6.07, 6.45) is 5.31. The second-order valence-corrected chi connectivity index (χ2v) is 8.36. The molecule has 2 fully saturated rings. The van der Waals surface area contributed by atoms with Crippen LogP contribution in [0.25, 0.3) is 11.5 Å². The summed E-state index contributed by atoms with van der Waals surface area (Å²) in [5.74, 6) is 2.39. The second kappa shape index (κ2) is 7.72. The van der Waals surface area contributed by atoms with E-state index in [9.17, 15) is 4.79 Å². The zero-order valence-corrected chi connectivity index (χ0v) is 17.8. The van der Waals surface area contributed by atoms with Crippen LogP contribution in [0.1, 0.15) is 40.5 Å². The number of nitrogens with zero attached hydrogens (tertiary/aromatic N) is 6. The Morgan fingerprint density at radius 2 is 1.97 bits per heavy atom. The van der Waals surface area contributed by atoms with Gasteiger partial charge in [-0.15, -0.1) is 0 Å². The Labute approximate surface area is 179 Å². The first-order valence-corrected chi connectivity index (χ1v) is 10.5. The van der Waals surface area contributed by atoms with E-state index in [-0.39, 0.29) is 11.9 Å². The molecule has 1 amide bonds. The van der Waals surface area contributed by atoms with Gasteiger partial charge < -0.3 is 14.2 Å². The van der Waals surface area contributed by atoms with E-state index in [1.54, 1.807) is 19.3 Å². The maximum absolute atomic E-state index is 13.7. The lowest BCUT2D eigenvalue weighted by molar-refractivity contribution is 0.0502. The summed E-state index contributed by atoms with van der Waals surface area (Å²) in [6, 6.07) is 3.61. The molecule has 3 aromatic heterocycles. The number of aromatic nitrogens is 5. The molecule has 9 nitrogen and oxygen atoms in total. The Morgan fingerprint density at radius 3 is 2.74 bits per heavy atom. The highest BCUT2D eigenvalue weighted by Gasteiger charge is 2.48. The highest BCUT2D eigenvalue weighted by Crippen LogP contribution is 2.47. The lowest BCUT2D eigenvalue weighted by Crippen LogP contribution is -2.48. The molecular formula is C22H24N6O3. The Bertz CT molecular complexity index is 1130. The first-order chi connectivity index (χ1) is 15.0. The number of piperidine rings is 1. The van der Waals surface area contributed by atoms with Crippen molar-refractivity contribution in [3.63, 3.8) is 0 Å². The van der Waals surface area contributed by atoms with E-state index in [2.05, 4.69) is 25.1 Å². The Morgan fingerprint density at radius 1 is 1.13 bits per heavy atom. The minimum atomic E-state index is -0.135. The van der Waals surface area contributed by atoms with Crippen molar-refractivity contribution in [2.24, 2.45) is 11.8 Å². The summed E-state index contributed by atoms with van der Waals surface area (Å²) in [4.78, 5) is 32.9. The van der Waals surface area contributed by atoms with Gasteiger partial charge in [-0.25, -0.2) is 9.97 Å². The first-order valence-electron chi connectivity index (χ1n) is 10.5. The standard InChI is InChI=1S/C22H24N6O3/c1-12-4-5-18(21-26-14(3)27-31-21)19(25-12)22(29)28-10-16-8-15(16)9-17(28)11-30-20-13(2)23-6-7-24-20/h4-7,15-17H,8-11H2,1-3H3. The summed E-state index contributed by atoms with van der Waals surface area (Å²) >= 11 is 0. The lowest BCUT2D eigenvalue weighted by atomic mass is 10.0. The number of carbonyl (C=O) groups is 1. The maximum atomic E-state index is 13.7. The van der Waals surface area contributed by atoms with Gasteiger partial charge in [-0.2, -0.15) is 4.98 Å². The van der Waals surface area contributed by atoms with Gasteiger partial charge >= 0.3 is 0 Å². The molecule has 160 valence electrons. The van der Waals surface area contributed by atoms with Crippen LogP contribution in [0.3, 0.4) is 0 Å². The van der Waals surface area contributed by atoms with E-state index in [1.807, 2.05) is 30.9 Å². The normalized spacial score (nSPS) is 22.2. The molecule has 9 heteroatoms. The molecule has 0 aromatic carbocycles. The fraction of sp³-hybridized carbons (Fsp3) is 0.455. The van der Waals surface area contributed by atoms with Crippen molar-refractivity contribution in [3.8, 4) is 17.3 Å². The van der Waals surface area contributed by atoms with Crippen molar-refractivity contribution >= 4 is 5.91 Å². The summed E-state index contributed by atoms with van der Waals surface area (Å²) in [5, 5.41) is 3.86. The van der Waals surface area contributed by atoms with Crippen LogP contribution in [0, 0.1) is 32.6 Å². The van der Waals surface area contributed by atoms with E-state index in [0.29, 0.717) is 53.8 Å². The number of amides is 1. The van der Waals surface area contributed by atoms with Crippen LogP contribution in [-0.2, 0) is 0 Å². The van der Waals surface area contributed by atoms with Crippen molar-refractivity contribution in [1.29, 1.82) is 0 Å². The number of likely N-dealkylation sites (tertiary alicyclic amines) is 1. The van der Waals surface area contributed by atoms with Crippen LogP contribution in [0.2, 0.25) is 0 Å². The zero-order chi connectivity index (χ0) is 21.5. The largest absolute Gasteiger partial charge is 0.474 e. The van der Waals surface area contributed by atoms with Gasteiger partial charge in [0.25, 0.3) is 11.8 Å². The van der Waals surface area contributed by atoms with Gasteiger partial charge in [0.05, 0.1) is 17.3 Å². The average molecular weight is 420 g/mol. The predicted octanol–water partition coefficient (Wildman–Crippen LogP) is 2.78. The molecule has 0 spiro atoms. The van der Waals surface area contributed by atoms with E-state index < -0.39 is 0 Å². The number of rotatable bonds is 5. The summed E-state index contributed by atoms with van der Waals surface area (Å²) in [5.41, 5.74) is 2.38. The quantitative estimate of drug-likeness (QED) is 0.620. The van der Waals surface area contributed by atoms with Gasteiger partial charge in [0.1, 0.15) is 12.3 Å². The number of fused-ring (bicyclic) bond motifs is 1. The second-order valence-electron chi connectivity index (χ2n) is 8.36. The highest BCUT2D eigenvalue weighted by atomic mass is 16.5. The summed E-state index contributed by atoms with van der Waals surface area (Å²) in [7, 11) is 0. The lowest BCUT2D eigenvalue weighted by Gasteiger charge is -2.35. The molecule has 0 radical (unpaired) electrons. The molecule has 1 aliphatic carbocycles. The molecule has 1 saturated carbocycles. The number of carbonyl (C=O) groups excluding carboxylic acids is 1. The number of hydrogen-bond donors (Lipinski definition) is 0. The van der Waals surface area contributed by atoms with Gasteiger partial charge in [0.15, 0.2) is 5.82 Å². The molecular weight excluding hydrogens is 396 g/mol. The molecule has 0 N–H and O–H groups in total. The molecule has 5 rings (SSSR count). The van der Waals surface area contributed by atoms with Crippen molar-refractivity contribution in [1.82, 2.24) is 30.0 Å². The number of hydrogen-bond acceptors (Lipinski definition) is 8. The minimum Gasteiger partial charge on any atom is -0.474 e. The van der Waals surface area contributed by atoms with Crippen molar-refractivity contribution in [2.45, 2.75) is 39.7 Å². The minimum absolute atomic E-state index is 0.0581. The van der Waals surface area contributed by atoms with Gasteiger partial charge in [-0.05, 0) is 57.6 Å². The van der Waals surface area contributed by atoms with Gasteiger partial charge in [0.2, 0.25) is 5.88 Å². The number of aryl methyl sites for hydroxylation is 3. The molecule has 3 atom stereocenters. The Balaban J connectivity index is 1.43. The van der Waals surface area contributed by atoms with E-state index in [0.717, 1.165) is 24.2 Å². The van der Waals surface area contributed by atoms with Crippen LogP contribution in [0.5, 0.6) is 5.88 Å². The highest BCUT2D eigenvalue weighted by molar-refractivity contribution is 5.98. The summed E-state index contributed by atoms with van der Waals surface area (Å²) in [6.45, 7) is 6.54. The van der Waals surface area contributed by atoms with E-state index in [4.69, 9.17) is 9.26 Å². The molecule has 31 heavy (non-hydrogen) atoms. The van der Waals surface area contributed by atoms with Crippen molar-refractivity contribution < 1.29 is 14.1 Å². The Kier molecular flexibility index (Phi) is 4.88. The van der Waals surface area contributed by atoms with Crippen LogP contribution >= 0.6 is 0 Å². The third-order valence-corrected chi connectivity index (χ3v) is 6.02. The molecule has 3 aromatic rings. The van der Waals surface area contributed by atoms with Crippen LogP contribution in [-0.4, -0.2) is 55.1 Å². The monoisotopic (exact) mass is 420 g/mol. The average Bonchev–Trinajstić information content (AvgIpc) is 3.40. The smallest absolute Gasteiger partial charge is 0.273 e. The molecule has 1 aliphatic heterocycles. The van der Waals surface area contributed by atoms with Crippen molar-refractivity contribution in [2.75, 3.05) is 13.2 Å². The fourth-order valence-corrected chi connectivity index (χ4v) is 4.25. The van der Waals surface area contributed by atoms with Crippen LogP contribution in [0.4, 0.5) is 0 Å². The molecule has 2 aliphatic rings. The van der Waals surface area contributed by atoms with Gasteiger partial charge in [-0.1, -0.05) is 5.16 Å². The van der Waals surface area contributed by atoms with E-state index >= 15 is 0 Å². The number of pyridine rings is 1. The fourth-order valence-electron chi connectivity index (χ4n) is 4.25. The molecule has 4 heterocycles. The van der Waals surface area contributed by atoms with Crippen molar-refractivity contribution in [3.05, 3.63) is 47.4 Å². The number of ether oxygens (including phenoxy) is 1. The molecule has 3 unspecified atom stereocenters. The van der Waals surface area contributed by atoms with Crippen LogP contribution < -0.4 is 4.74 Å². The summed E-state index contributed by atoms with van der Waals surface area (Å²) < 4.78 is 11.3. The SMILES string of the molecule is Cc1ccc(-c2nc(C)no2)c(C(=O)N2CC3CC3CC2COc2nccnc2C)n1. The van der Waals surface area contributed by atoms with Crippen LogP contribution in [0.15, 0.2) is 29.0 Å². The maximum Gasteiger partial charge on any atom is 0.273 e. The third-order valence-electron chi connectivity index (χ3n) is 6.02. The molecule has 1 saturated heterocycles.